The Kier molecular flexibility index (Phi) is 4.06. The van der Waals surface area contributed by atoms with E-state index in [4.69, 9.17) is 0 Å². The van der Waals surface area contributed by atoms with Gasteiger partial charge in [0.2, 0.25) is 5.91 Å². The molecule has 14 heavy (non-hydrogen) atoms. The van der Waals surface area contributed by atoms with Gasteiger partial charge in [-0.3, -0.25) is 9.48 Å². The molecule has 1 rings (SSSR count). The molecule has 0 aliphatic carbocycles. The molecule has 0 unspecified atom stereocenters. The van der Waals surface area contributed by atoms with Crippen LogP contribution in [0.1, 0.15) is 12.6 Å². The first-order valence-electron chi connectivity index (χ1n) is 4.49. The van der Waals surface area contributed by atoms with Crippen LogP contribution in [0, 0.1) is 0 Å². The van der Waals surface area contributed by atoms with Gasteiger partial charge in [0.1, 0.15) is 0 Å². The molecule has 0 aromatic carbocycles. The van der Waals surface area contributed by atoms with Gasteiger partial charge >= 0.3 is 0 Å². The predicted molar refractivity (Wildman–Crippen MR) is 51.4 cm³/mol. The molecule has 0 radical (unpaired) electrons. The number of amides is 1. The van der Waals surface area contributed by atoms with Crippen LogP contribution < -0.4 is 10.6 Å². The van der Waals surface area contributed by atoms with Crippen molar-refractivity contribution in [2.75, 3.05) is 13.1 Å². The van der Waals surface area contributed by atoms with Crippen molar-refractivity contribution in [2.45, 2.75) is 13.5 Å². The number of carbonyl (C=O) groups excluding carboxylic acids is 1. The molecule has 1 heterocycles. The van der Waals surface area contributed by atoms with Crippen LogP contribution in [0.15, 0.2) is 6.20 Å². The quantitative estimate of drug-likeness (QED) is 0.596. The zero-order valence-electron chi connectivity index (χ0n) is 8.45. The molecule has 0 fully saturated rings. The molecule has 0 atom stereocenters. The number of hydrogen-bond acceptors (Lipinski definition) is 4. The van der Waals surface area contributed by atoms with Crippen LogP contribution in [-0.4, -0.2) is 34.0 Å². The Morgan fingerprint density at radius 3 is 2.93 bits per heavy atom. The van der Waals surface area contributed by atoms with E-state index in [-0.39, 0.29) is 5.91 Å². The van der Waals surface area contributed by atoms with E-state index in [1.807, 2.05) is 13.2 Å². The van der Waals surface area contributed by atoms with E-state index >= 15 is 0 Å². The highest BCUT2D eigenvalue weighted by molar-refractivity contribution is 5.72. The van der Waals surface area contributed by atoms with Crippen LogP contribution in [0.25, 0.3) is 0 Å². The number of nitrogens with one attached hydrogen (secondary N) is 2. The van der Waals surface area contributed by atoms with Crippen LogP contribution in [0.2, 0.25) is 0 Å². The predicted octanol–water partition coefficient (Wildman–Crippen LogP) is -0.959. The Hall–Kier alpha value is -1.43. The van der Waals surface area contributed by atoms with Gasteiger partial charge in [0, 0.05) is 39.8 Å². The zero-order valence-corrected chi connectivity index (χ0v) is 8.45. The monoisotopic (exact) mass is 197 g/mol. The van der Waals surface area contributed by atoms with Crippen molar-refractivity contribution < 1.29 is 4.79 Å². The lowest BCUT2D eigenvalue weighted by atomic mass is 10.4. The van der Waals surface area contributed by atoms with Gasteiger partial charge in [0.15, 0.2) is 0 Å². The molecule has 1 aromatic rings. The minimum atomic E-state index is -0.00805. The first-order chi connectivity index (χ1) is 6.68. The average molecular weight is 197 g/mol. The number of aryl methyl sites for hydroxylation is 1. The summed E-state index contributed by atoms with van der Waals surface area (Å²) in [5.41, 5.74) is 0.898. The van der Waals surface area contributed by atoms with E-state index in [1.54, 1.807) is 4.68 Å². The summed E-state index contributed by atoms with van der Waals surface area (Å²) in [5.74, 6) is -0.00805. The summed E-state index contributed by atoms with van der Waals surface area (Å²) in [6.45, 7) is 3.54. The van der Waals surface area contributed by atoms with E-state index < -0.39 is 0 Å². The smallest absolute Gasteiger partial charge is 0.216 e. The van der Waals surface area contributed by atoms with Gasteiger partial charge in [-0.2, -0.15) is 0 Å². The molecule has 0 bridgehead atoms. The van der Waals surface area contributed by atoms with Gasteiger partial charge < -0.3 is 10.6 Å². The van der Waals surface area contributed by atoms with Gasteiger partial charge in [-0.05, 0) is 0 Å². The lowest BCUT2D eigenvalue weighted by molar-refractivity contribution is -0.118. The van der Waals surface area contributed by atoms with Crippen molar-refractivity contribution in [3.8, 4) is 0 Å². The Morgan fingerprint density at radius 1 is 1.57 bits per heavy atom. The third kappa shape index (κ3) is 3.99. The summed E-state index contributed by atoms with van der Waals surface area (Å²) in [6.07, 6.45) is 1.85. The summed E-state index contributed by atoms with van der Waals surface area (Å²) in [6, 6.07) is 0. The Balaban J connectivity index is 2.07. The van der Waals surface area contributed by atoms with Crippen LogP contribution in [0.5, 0.6) is 0 Å². The van der Waals surface area contributed by atoms with E-state index in [0.29, 0.717) is 13.1 Å². The lowest BCUT2D eigenvalue weighted by Crippen LogP contribution is -2.29. The summed E-state index contributed by atoms with van der Waals surface area (Å²) >= 11 is 0. The van der Waals surface area contributed by atoms with Crippen molar-refractivity contribution in [3.05, 3.63) is 11.9 Å². The molecule has 2 N–H and O–H groups in total. The number of rotatable bonds is 5. The zero-order chi connectivity index (χ0) is 10.4. The summed E-state index contributed by atoms with van der Waals surface area (Å²) in [4.78, 5) is 10.5. The summed E-state index contributed by atoms with van der Waals surface area (Å²) in [7, 11) is 1.83. The van der Waals surface area contributed by atoms with Crippen LogP contribution in [-0.2, 0) is 18.4 Å². The van der Waals surface area contributed by atoms with Crippen molar-refractivity contribution in [2.24, 2.45) is 7.05 Å². The van der Waals surface area contributed by atoms with Gasteiger partial charge in [-0.1, -0.05) is 5.21 Å². The summed E-state index contributed by atoms with van der Waals surface area (Å²) in [5, 5.41) is 13.5. The van der Waals surface area contributed by atoms with Crippen molar-refractivity contribution in [1.82, 2.24) is 25.6 Å². The van der Waals surface area contributed by atoms with E-state index in [0.717, 1.165) is 12.2 Å². The minimum Gasteiger partial charge on any atom is -0.355 e. The fourth-order valence-electron chi connectivity index (χ4n) is 1.02. The molecule has 78 valence electrons. The molecule has 6 nitrogen and oxygen atoms in total. The normalized spacial score (nSPS) is 10.1. The number of aromatic nitrogens is 3. The van der Waals surface area contributed by atoms with E-state index in [1.165, 1.54) is 6.92 Å². The van der Waals surface area contributed by atoms with Crippen LogP contribution in [0.3, 0.4) is 0 Å². The third-order valence-corrected chi connectivity index (χ3v) is 1.63. The number of carbonyl (C=O) groups is 1. The molecule has 0 aliphatic rings. The second-order valence-electron chi connectivity index (χ2n) is 3.04. The second-order valence-corrected chi connectivity index (χ2v) is 3.04. The SMILES string of the molecule is CC(=O)NCCNCc1cn(C)nn1. The Morgan fingerprint density at radius 2 is 2.36 bits per heavy atom. The summed E-state index contributed by atoms with van der Waals surface area (Å²) < 4.78 is 1.66. The maximum atomic E-state index is 10.5. The maximum absolute atomic E-state index is 10.5. The third-order valence-electron chi connectivity index (χ3n) is 1.63. The van der Waals surface area contributed by atoms with Gasteiger partial charge in [-0.15, -0.1) is 5.10 Å². The molecular weight excluding hydrogens is 182 g/mol. The maximum Gasteiger partial charge on any atom is 0.216 e. The van der Waals surface area contributed by atoms with E-state index in [2.05, 4.69) is 20.9 Å². The van der Waals surface area contributed by atoms with Crippen molar-refractivity contribution >= 4 is 5.91 Å². The highest BCUT2D eigenvalue weighted by atomic mass is 16.1. The Bertz CT molecular complexity index is 296. The molecule has 0 saturated carbocycles. The largest absolute Gasteiger partial charge is 0.355 e. The Labute approximate surface area is 82.7 Å². The van der Waals surface area contributed by atoms with Crippen LogP contribution >= 0.6 is 0 Å². The molecular formula is C8H15N5O. The van der Waals surface area contributed by atoms with E-state index in [9.17, 15) is 4.79 Å². The first kappa shape index (κ1) is 10.6. The highest BCUT2D eigenvalue weighted by Gasteiger charge is 1.96. The molecule has 0 saturated heterocycles. The molecule has 0 aliphatic heterocycles. The van der Waals surface area contributed by atoms with Crippen molar-refractivity contribution in [1.29, 1.82) is 0 Å². The first-order valence-corrected chi connectivity index (χ1v) is 4.49. The molecule has 1 aromatic heterocycles. The lowest BCUT2D eigenvalue weighted by Gasteiger charge is -2.02. The van der Waals surface area contributed by atoms with Crippen LogP contribution in [0.4, 0.5) is 0 Å². The van der Waals surface area contributed by atoms with Gasteiger partial charge in [0.25, 0.3) is 0 Å². The molecule has 6 heteroatoms. The molecule has 1 amide bonds. The highest BCUT2D eigenvalue weighted by Crippen LogP contribution is 1.88. The molecule has 0 spiro atoms. The standard InChI is InChI=1S/C8H15N5O/c1-7(14)10-4-3-9-5-8-6-13(2)12-11-8/h6,9H,3-5H2,1-2H3,(H,10,14). The number of nitrogens with zero attached hydrogens (tertiary/aromatic N) is 3. The average Bonchev–Trinajstić information content (AvgIpc) is 2.50. The topological polar surface area (TPSA) is 71.8 Å². The minimum absolute atomic E-state index is 0.00805. The second kappa shape index (κ2) is 5.33. The fraction of sp³-hybridized carbons (Fsp3) is 0.625. The van der Waals surface area contributed by atoms with Gasteiger partial charge in [0.05, 0.1) is 5.69 Å². The number of hydrogen-bond donors (Lipinski definition) is 2. The van der Waals surface area contributed by atoms with Gasteiger partial charge in [-0.25, -0.2) is 0 Å². The van der Waals surface area contributed by atoms with Crippen molar-refractivity contribution in [3.63, 3.8) is 0 Å². The fourth-order valence-corrected chi connectivity index (χ4v) is 1.02.